The van der Waals surface area contributed by atoms with Crippen LogP contribution in [0.15, 0.2) is 12.3 Å². The summed E-state index contributed by atoms with van der Waals surface area (Å²) >= 11 is 0. The third-order valence-corrected chi connectivity index (χ3v) is 1.53. The van der Waals surface area contributed by atoms with Crippen LogP contribution < -0.4 is 11.5 Å². The van der Waals surface area contributed by atoms with Gasteiger partial charge >= 0.3 is 0 Å². The van der Waals surface area contributed by atoms with Crippen molar-refractivity contribution in [2.24, 2.45) is 0 Å². The molecule has 11 heavy (non-hydrogen) atoms. The van der Waals surface area contributed by atoms with Crippen LogP contribution in [0, 0.1) is 0 Å². The van der Waals surface area contributed by atoms with Crippen molar-refractivity contribution >= 4 is 11.4 Å². The number of aryl methyl sites for hydroxylation is 1. The molecule has 0 radical (unpaired) electrons. The SMILES string of the molecule is CCCc1cc(N)c(N)cn1. The maximum Gasteiger partial charge on any atom is 0.0734 e. The first-order valence-corrected chi connectivity index (χ1v) is 3.74. The van der Waals surface area contributed by atoms with Gasteiger partial charge in [0.05, 0.1) is 17.6 Å². The van der Waals surface area contributed by atoms with Gasteiger partial charge in [0.2, 0.25) is 0 Å². The topological polar surface area (TPSA) is 64.9 Å². The van der Waals surface area contributed by atoms with Crippen LogP contribution in [0.1, 0.15) is 19.0 Å². The van der Waals surface area contributed by atoms with E-state index in [0.29, 0.717) is 11.4 Å². The Kier molecular flexibility index (Phi) is 2.31. The molecule has 4 N–H and O–H groups in total. The average Bonchev–Trinajstić information content (AvgIpc) is 1.98. The minimum atomic E-state index is 0.560. The Hall–Kier alpha value is -1.25. The quantitative estimate of drug-likeness (QED) is 0.667. The van der Waals surface area contributed by atoms with Gasteiger partial charge in [-0.15, -0.1) is 0 Å². The normalized spacial score (nSPS) is 9.91. The lowest BCUT2D eigenvalue weighted by atomic mass is 10.2. The standard InChI is InChI=1S/C8H13N3/c1-2-3-6-4-7(9)8(10)5-11-6/h4-5H,2-3,10H2,1H3,(H2,9,11). The second kappa shape index (κ2) is 3.23. The highest BCUT2D eigenvalue weighted by atomic mass is 14.8. The van der Waals surface area contributed by atoms with Crippen LogP contribution in [0.4, 0.5) is 11.4 Å². The van der Waals surface area contributed by atoms with Gasteiger partial charge in [-0.25, -0.2) is 0 Å². The first-order valence-electron chi connectivity index (χ1n) is 3.74. The summed E-state index contributed by atoms with van der Waals surface area (Å²) < 4.78 is 0. The third-order valence-electron chi connectivity index (χ3n) is 1.53. The summed E-state index contributed by atoms with van der Waals surface area (Å²) in [6, 6.07) is 1.83. The zero-order valence-corrected chi connectivity index (χ0v) is 6.67. The summed E-state index contributed by atoms with van der Waals surface area (Å²) in [7, 11) is 0. The van der Waals surface area contributed by atoms with Crippen molar-refractivity contribution < 1.29 is 0 Å². The van der Waals surface area contributed by atoms with Crippen LogP contribution in [-0.4, -0.2) is 4.98 Å². The predicted octanol–water partition coefficient (Wildman–Crippen LogP) is 1.20. The van der Waals surface area contributed by atoms with E-state index in [1.165, 1.54) is 0 Å². The molecule has 0 saturated carbocycles. The molecule has 0 aliphatic carbocycles. The summed E-state index contributed by atoms with van der Waals surface area (Å²) in [5, 5.41) is 0. The van der Waals surface area contributed by atoms with Gasteiger partial charge in [-0.3, -0.25) is 4.98 Å². The van der Waals surface area contributed by atoms with Gasteiger partial charge in [-0.05, 0) is 12.5 Å². The highest BCUT2D eigenvalue weighted by molar-refractivity contribution is 5.61. The van der Waals surface area contributed by atoms with Crippen molar-refractivity contribution in [3.8, 4) is 0 Å². The van der Waals surface area contributed by atoms with Crippen LogP contribution in [0.3, 0.4) is 0 Å². The molecule has 1 aromatic heterocycles. The number of pyridine rings is 1. The number of aromatic nitrogens is 1. The van der Waals surface area contributed by atoms with E-state index in [1.807, 2.05) is 6.07 Å². The Balaban J connectivity index is 2.86. The van der Waals surface area contributed by atoms with E-state index in [9.17, 15) is 0 Å². The fourth-order valence-corrected chi connectivity index (χ4v) is 0.920. The third kappa shape index (κ3) is 1.83. The number of nitrogens with two attached hydrogens (primary N) is 2. The summed E-state index contributed by atoms with van der Waals surface area (Å²) in [5.74, 6) is 0. The summed E-state index contributed by atoms with van der Waals surface area (Å²) in [6.07, 6.45) is 3.65. The first kappa shape index (κ1) is 7.85. The zero-order chi connectivity index (χ0) is 8.27. The molecule has 0 saturated heterocycles. The molecule has 0 fully saturated rings. The van der Waals surface area contributed by atoms with Crippen molar-refractivity contribution in [1.82, 2.24) is 4.98 Å². The van der Waals surface area contributed by atoms with Crippen LogP contribution in [0.25, 0.3) is 0 Å². The molecule has 0 aliphatic heterocycles. The molecule has 60 valence electrons. The Bertz CT molecular complexity index is 245. The molecule has 1 heterocycles. The van der Waals surface area contributed by atoms with Gasteiger partial charge in [0, 0.05) is 5.69 Å². The Morgan fingerprint density at radius 1 is 1.36 bits per heavy atom. The maximum absolute atomic E-state index is 5.59. The summed E-state index contributed by atoms with van der Waals surface area (Å²) in [6.45, 7) is 2.11. The first-order chi connectivity index (χ1) is 5.24. The monoisotopic (exact) mass is 151 g/mol. The molecule has 0 aliphatic rings. The Morgan fingerprint density at radius 3 is 2.64 bits per heavy atom. The number of rotatable bonds is 2. The molecule has 3 heteroatoms. The van der Waals surface area contributed by atoms with Crippen molar-refractivity contribution in [3.63, 3.8) is 0 Å². The fourth-order valence-electron chi connectivity index (χ4n) is 0.920. The van der Waals surface area contributed by atoms with Crippen molar-refractivity contribution in [2.45, 2.75) is 19.8 Å². The van der Waals surface area contributed by atoms with E-state index < -0.39 is 0 Å². The number of anilines is 2. The van der Waals surface area contributed by atoms with Crippen molar-refractivity contribution in [1.29, 1.82) is 0 Å². The Morgan fingerprint density at radius 2 is 2.09 bits per heavy atom. The summed E-state index contributed by atoms with van der Waals surface area (Å²) in [4.78, 5) is 4.12. The molecular weight excluding hydrogens is 138 g/mol. The zero-order valence-electron chi connectivity index (χ0n) is 6.67. The van der Waals surface area contributed by atoms with Gasteiger partial charge in [-0.2, -0.15) is 0 Å². The van der Waals surface area contributed by atoms with E-state index in [2.05, 4.69) is 11.9 Å². The lowest BCUT2D eigenvalue weighted by Gasteiger charge is -2.01. The molecule has 0 bridgehead atoms. The second-order valence-electron chi connectivity index (χ2n) is 2.55. The number of hydrogen-bond acceptors (Lipinski definition) is 3. The van der Waals surface area contributed by atoms with E-state index >= 15 is 0 Å². The van der Waals surface area contributed by atoms with E-state index in [0.717, 1.165) is 18.5 Å². The van der Waals surface area contributed by atoms with Crippen LogP contribution in [0.2, 0.25) is 0 Å². The molecule has 1 aromatic rings. The highest BCUT2D eigenvalue weighted by Gasteiger charge is 1.96. The van der Waals surface area contributed by atoms with Gasteiger partial charge in [-0.1, -0.05) is 13.3 Å². The number of nitrogens with zero attached hydrogens (tertiary/aromatic N) is 1. The number of hydrogen-bond donors (Lipinski definition) is 2. The van der Waals surface area contributed by atoms with E-state index in [-0.39, 0.29) is 0 Å². The van der Waals surface area contributed by atoms with E-state index in [4.69, 9.17) is 11.5 Å². The van der Waals surface area contributed by atoms with Crippen LogP contribution >= 0.6 is 0 Å². The minimum Gasteiger partial charge on any atom is -0.397 e. The predicted molar refractivity (Wildman–Crippen MR) is 47.1 cm³/mol. The molecule has 3 nitrogen and oxygen atoms in total. The van der Waals surface area contributed by atoms with Crippen molar-refractivity contribution in [2.75, 3.05) is 11.5 Å². The lowest BCUT2D eigenvalue weighted by molar-refractivity contribution is 0.884. The average molecular weight is 151 g/mol. The minimum absolute atomic E-state index is 0.560. The molecule has 1 rings (SSSR count). The van der Waals surface area contributed by atoms with Gasteiger partial charge < -0.3 is 11.5 Å². The second-order valence-corrected chi connectivity index (χ2v) is 2.55. The molecular formula is C8H13N3. The largest absolute Gasteiger partial charge is 0.397 e. The van der Waals surface area contributed by atoms with Gasteiger partial charge in [0.1, 0.15) is 0 Å². The molecule has 0 amide bonds. The van der Waals surface area contributed by atoms with Crippen LogP contribution in [0.5, 0.6) is 0 Å². The van der Waals surface area contributed by atoms with Gasteiger partial charge in [0.25, 0.3) is 0 Å². The fraction of sp³-hybridized carbons (Fsp3) is 0.375. The smallest absolute Gasteiger partial charge is 0.0734 e. The molecule has 0 unspecified atom stereocenters. The number of nitrogen functional groups attached to an aromatic ring is 2. The van der Waals surface area contributed by atoms with E-state index in [1.54, 1.807) is 6.20 Å². The van der Waals surface area contributed by atoms with Crippen LogP contribution in [-0.2, 0) is 6.42 Å². The highest BCUT2D eigenvalue weighted by Crippen LogP contribution is 2.13. The lowest BCUT2D eigenvalue weighted by Crippen LogP contribution is -1.98. The van der Waals surface area contributed by atoms with Crippen molar-refractivity contribution in [3.05, 3.63) is 18.0 Å². The molecule has 0 spiro atoms. The molecule has 0 aromatic carbocycles. The summed E-state index contributed by atoms with van der Waals surface area (Å²) in [5.41, 5.74) is 13.3. The van der Waals surface area contributed by atoms with Gasteiger partial charge in [0.15, 0.2) is 0 Å². The molecule has 0 atom stereocenters. The maximum atomic E-state index is 5.59. The Labute approximate surface area is 66.4 Å².